The minimum absolute atomic E-state index is 0.0311. The molecule has 4 aliphatic rings. The Kier molecular flexibility index (Phi) is 7.75. The molecule has 3 heterocycles. The number of aromatic nitrogens is 1. The number of rotatable bonds is 4. The van der Waals surface area contributed by atoms with E-state index >= 15 is 0 Å². The summed E-state index contributed by atoms with van der Waals surface area (Å²) in [7, 11) is -2.15. The molecule has 8 heteroatoms. The summed E-state index contributed by atoms with van der Waals surface area (Å²) in [5.41, 5.74) is 5.52. The van der Waals surface area contributed by atoms with Gasteiger partial charge in [-0.25, -0.2) is 0 Å². The lowest BCUT2D eigenvalue weighted by atomic mass is 9.70. The number of ether oxygens (including phenoxy) is 2. The first-order valence-electron chi connectivity index (χ1n) is 16.2. The van der Waals surface area contributed by atoms with Crippen molar-refractivity contribution in [2.45, 2.75) is 134 Å². The van der Waals surface area contributed by atoms with Crippen molar-refractivity contribution >= 4 is 8.32 Å². The number of nitrogens with zero attached hydrogens (tertiary/aromatic N) is 1. The van der Waals surface area contributed by atoms with Crippen LogP contribution in [0.25, 0.3) is 0 Å². The van der Waals surface area contributed by atoms with Crippen molar-refractivity contribution in [1.82, 2.24) is 4.98 Å². The Morgan fingerprint density at radius 3 is 2.16 bits per heavy atom. The van der Waals surface area contributed by atoms with Gasteiger partial charge in [-0.1, -0.05) is 59.6 Å². The van der Waals surface area contributed by atoms with Gasteiger partial charge >= 0.3 is 6.18 Å². The fourth-order valence-electron chi connectivity index (χ4n) is 7.70. The van der Waals surface area contributed by atoms with Crippen LogP contribution in [0.1, 0.15) is 137 Å². The Bertz CT molecular complexity index is 1350. The summed E-state index contributed by atoms with van der Waals surface area (Å²) in [5, 5.41) is 0.0533. The van der Waals surface area contributed by atoms with Crippen molar-refractivity contribution in [2.75, 3.05) is 13.2 Å². The van der Waals surface area contributed by atoms with Gasteiger partial charge in [-0.05, 0) is 85.3 Å². The maximum Gasteiger partial charge on any atom is 0.416 e. The Hall–Kier alpha value is -1.74. The third-order valence-corrected chi connectivity index (χ3v) is 15.4. The smallest absolute Gasteiger partial charge is 0.410 e. The van der Waals surface area contributed by atoms with E-state index in [0.717, 1.165) is 73.9 Å². The van der Waals surface area contributed by atoms with E-state index in [1.807, 2.05) is 0 Å². The summed E-state index contributed by atoms with van der Waals surface area (Å²) in [6, 6.07) is 5.63. The van der Waals surface area contributed by atoms with Crippen LogP contribution in [-0.2, 0) is 32.1 Å². The predicted octanol–water partition coefficient (Wildman–Crippen LogP) is 9.92. The molecule has 6 rings (SSSR count). The first-order chi connectivity index (χ1) is 20.0. The van der Waals surface area contributed by atoms with E-state index < -0.39 is 31.8 Å². The number of hydrogen-bond donors (Lipinski definition) is 0. The van der Waals surface area contributed by atoms with Crippen LogP contribution in [0.5, 0.6) is 0 Å². The molecular weight excluding hydrogens is 567 g/mol. The predicted molar refractivity (Wildman–Crippen MR) is 165 cm³/mol. The molecule has 0 amide bonds. The average molecular weight is 616 g/mol. The third kappa shape index (κ3) is 5.63. The highest BCUT2D eigenvalue weighted by molar-refractivity contribution is 6.74. The van der Waals surface area contributed by atoms with Crippen molar-refractivity contribution < 1.29 is 27.1 Å². The zero-order valence-electron chi connectivity index (χ0n) is 26.9. The lowest BCUT2D eigenvalue weighted by Gasteiger charge is -2.45. The van der Waals surface area contributed by atoms with E-state index in [4.69, 9.17) is 18.9 Å². The van der Waals surface area contributed by atoms with Crippen LogP contribution >= 0.6 is 0 Å². The Balaban J connectivity index is 1.59. The molecule has 0 N–H and O–H groups in total. The molecule has 0 unspecified atom stereocenters. The molecule has 2 atom stereocenters. The number of halogens is 3. The van der Waals surface area contributed by atoms with Crippen molar-refractivity contribution in [3.63, 3.8) is 0 Å². The first kappa shape index (κ1) is 31.2. The lowest BCUT2D eigenvalue weighted by molar-refractivity contribution is -0.137. The molecule has 1 saturated heterocycles. The van der Waals surface area contributed by atoms with Crippen LogP contribution in [0.2, 0.25) is 18.1 Å². The summed E-state index contributed by atoms with van der Waals surface area (Å²) in [6.07, 6.45) is 2.62. The second kappa shape index (κ2) is 10.7. The molecule has 2 aromatic rings. The molecule has 1 aromatic heterocycles. The molecule has 1 aromatic carbocycles. The van der Waals surface area contributed by atoms with E-state index in [1.54, 1.807) is 12.1 Å². The Labute approximate surface area is 256 Å². The molecule has 2 aliphatic carbocycles. The highest BCUT2D eigenvalue weighted by Gasteiger charge is 2.54. The highest BCUT2D eigenvalue weighted by atomic mass is 28.4. The van der Waals surface area contributed by atoms with E-state index in [-0.39, 0.29) is 22.5 Å². The fraction of sp³-hybridized carbons (Fsp3) is 0.686. The molecule has 1 spiro atoms. The van der Waals surface area contributed by atoms with E-state index in [0.29, 0.717) is 13.2 Å². The van der Waals surface area contributed by atoms with Crippen LogP contribution in [0, 0.1) is 5.41 Å². The Morgan fingerprint density at radius 1 is 0.953 bits per heavy atom. The van der Waals surface area contributed by atoms with Gasteiger partial charge in [0, 0.05) is 36.0 Å². The number of hydrogen-bond acceptors (Lipinski definition) is 4. The molecule has 236 valence electrons. The molecule has 43 heavy (non-hydrogen) atoms. The molecule has 2 aliphatic heterocycles. The van der Waals surface area contributed by atoms with Crippen molar-refractivity contribution in [2.24, 2.45) is 5.41 Å². The van der Waals surface area contributed by atoms with Crippen LogP contribution in [0.3, 0.4) is 0 Å². The fourth-order valence-corrected chi connectivity index (χ4v) is 8.97. The molecule has 4 nitrogen and oxygen atoms in total. The number of alkyl halides is 3. The summed E-state index contributed by atoms with van der Waals surface area (Å²) in [5.74, 6) is 0.231. The van der Waals surface area contributed by atoms with Gasteiger partial charge in [-0.3, -0.25) is 4.98 Å². The van der Waals surface area contributed by atoms with E-state index in [1.165, 1.54) is 23.3 Å². The SMILES string of the molecule is CC1(C)Cc2nc(C3CCOCC3)c3c(c2[C@@H](O[Si](C)(C)C(C)(C)C)C1)C1(CCCC1)O[C@H]3c1ccc(C(F)(F)F)cc1. The monoisotopic (exact) mass is 615 g/mol. The van der Waals surface area contributed by atoms with Gasteiger partial charge in [0.1, 0.15) is 6.10 Å². The summed E-state index contributed by atoms with van der Waals surface area (Å²) < 4.78 is 60.9. The molecule has 0 radical (unpaired) electrons. The lowest BCUT2D eigenvalue weighted by Crippen LogP contribution is -2.44. The van der Waals surface area contributed by atoms with Gasteiger partial charge in [0.2, 0.25) is 0 Å². The van der Waals surface area contributed by atoms with Gasteiger partial charge in [0.25, 0.3) is 0 Å². The van der Waals surface area contributed by atoms with Crippen LogP contribution in [0.15, 0.2) is 24.3 Å². The average Bonchev–Trinajstić information content (AvgIpc) is 3.52. The van der Waals surface area contributed by atoms with Gasteiger partial charge < -0.3 is 13.9 Å². The van der Waals surface area contributed by atoms with E-state index in [2.05, 4.69) is 47.7 Å². The third-order valence-electron chi connectivity index (χ3n) is 11.0. The summed E-state index contributed by atoms with van der Waals surface area (Å²) in [6.45, 7) is 17.5. The quantitative estimate of drug-likeness (QED) is 0.321. The number of pyridine rings is 1. The van der Waals surface area contributed by atoms with Crippen molar-refractivity contribution in [1.29, 1.82) is 0 Å². The second-order valence-electron chi connectivity index (χ2n) is 15.8. The first-order valence-corrected chi connectivity index (χ1v) is 19.1. The number of benzene rings is 1. The van der Waals surface area contributed by atoms with Crippen LogP contribution in [-0.4, -0.2) is 26.5 Å². The maximum atomic E-state index is 13.5. The number of fused-ring (bicyclic) bond motifs is 4. The van der Waals surface area contributed by atoms with Crippen LogP contribution < -0.4 is 0 Å². The maximum absolute atomic E-state index is 13.5. The summed E-state index contributed by atoms with van der Waals surface area (Å²) in [4.78, 5) is 5.55. The standard InChI is InChI=1S/C35H48F3NO3Si/c1-32(2,3)43(6,7)42-26-21-33(4,5)20-25-27(26)29-28(30(39-25)22-14-18-40-19-15-22)31(41-34(29)16-8-9-17-34)23-10-12-24(13-11-23)35(36,37)38/h10-13,22,26,31H,8-9,14-21H2,1-7H3/t26-,31-/m0/s1. The highest BCUT2D eigenvalue weighted by Crippen LogP contribution is 2.61. The minimum atomic E-state index is -4.38. The largest absolute Gasteiger partial charge is 0.416 e. The summed E-state index contributed by atoms with van der Waals surface area (Å²) >= 11 is 0. The van der Waals surface area contributed by atoms with Gasteiger partial charge in [-0.15, -0.1) is 0 Å². The van der Waals surface area contributed by atoms with Gasteiger partial charge in [0.05, 0.1) is 23.0 Å². The van der Waals surface area contributed by atoms with Crippen LogP contribution in [0.4, 0.5) is 13.2 Å². The van der Waals surface area contributed by atoms with Crippen molar-refractivity contribution in [3.8, 4) is 0 Å². The van der Waals surface area contributed by atoms with E-state index in [9.17, 15) is 13.2 Å². The zero-order chi connectivity index (χ0) is 31.0. The molecule has 0 bridgehead atoms. The molecule has 2 fully saturated rings. The minimum Gasteiger partial charge on any atom is -0.410 e. The van der Waals surface area contributed by atoms with Gasteiger partial charge in [0.15, 0.2) is 8.32 Å². The molecule has 1 saturated carbocycles. The Morgan fingerprint density at radius 2 is 1.58 bits per heavy atom. The van der Waals surface area contributed by atoms with Crippen molar-refractivity contribution in [3.05, 3.63) is 63.5 Å². The molecular formula is C35H48F3NO3Si. The van der Waals surface area contributed by atoms with Gasteiger partial charge in [-0.2, -0.15) is 13.2 Å². The topological polar surface area (TPSA) is 40.6 Å². The zero-order valence-corrected chi connectivity index (χ0v) is 27.9. The normalized spacial score (nSPS) is 25.6. The second-order valence-corrected chi connectivity index (χ2v) is 20.5.